The molecule has 0 atom stereocenters. The quantitative estimate of drug-likeness (QED) is 0.0643. The van der Waals surface area contributed by atoms with Crippen LogP contribution >= 0.6 is 0 Å². The zero-order valence-corrected chi connectivity index (χ0v) is 40.5. The van der Waals surface area contributed by atoms with Crippen molar-refractivity contribution in [1.82, 2.24) is 9.97 Å². The molecule has 0 aliphatic heterocycles. The second-order valence-corrected chi connectivity index (χ2v) is 22.0. The van der Waals surface area contributed by atoms with Crippen LogP contribution in [0.4, 0.5) is 0 Å². The summed E-state index contributed by atoms with van der Waals surface area (Å²) in [7, 11) is -1.29. The molecular weight excluding hydrogens is 905 g/mol. The van der Waals surface area contributed by atoms with E-state index in [1.807, 2.05) is 47.0 Å². The second kappa shape index (κ2) is 21.2. The molecule has 0 unspecified atom stereocenters. The molecule has 6 aromatic rings. The van der Waals surface area contributed by atoms with Crippen LogP contribution in [0.3, 0.4) is 0 Å². The predicted molar refractivity (Wildman–Crippen MR) is 247 cm³/mol. The largest absolute Gasteiger partial charge is 0.512 e. The third-order valence-corrected chi connectivity index (χ3v) is 13.2. The summed E-state index contributed by atoms with van der Waals surface area (Å²) >= 11 is 0. The predicted octanol–water partition coefficient (Wildman–Crippen LogP) is 13.7. The van der Waals surface area contributed by atoms with E-state index in [0.717, 1.165) is 59.3 Å². The first kappa shape index (κ1) is 48.1. The standard InChI is InChI=1S/C20H22NSi.C18H16N.C14H26O2.Ir/c1-14-10-15(2)12-17(11-14)20-19-7-6-18(22(3,4)5)13-16(19)8-9-21-20;1-12-4-5-17-15(9-12)6-7-19-18(17)16-10-13(2)8-14(3)11-16;1-6-11(7-2)12(15)10-13(16)14(5,8-3)9-4;/h6-11,13H,1-5H3;4-10H,1-3H3;10-11,16H,6-9H2,1-5H3;/q2*-1;;/b;;13-10-;. The molecule has 309 valence electrons. The smallest absolute Gasteiger partial charge is 0.162 e. The molecule has 0 saturated carbocycles. The zero-order chi connectivity index (χ0) is 42.1. The van der Waals surface area contributed by atoms with Crippen molar-refractivity contribution in [2.24, 2.45) is 11.3 Å². The number of hydrogen-bond donors (Lipinski definition) is 1. The van der Waals surface area contributed by atoms with E-state index in [0.29, 0.717) is 0 Å². The Balaban J connectivity index is 0.000000234. The van der Waals surface area contributed by atoms with Crippen LogP contribution in [0.1, 0.15) is 88.1 Å². The summed E-state index contributed by atoms with van der Waals surface area (Å²) in [5.74, 6) is 0.366. The molecule has 2 aromatic heterocycles. The van der Waals surface area contributed by atoms with Crippen LogP contribution in [0.25, 0.3) is 44.1 Å². The number of ketones is 1. The molecule has 1 N–H and O–H groups in total. The summed E-state index contributed by atoms with van der Waals surface area (Å²) in [5.41, 5.74) is 10.1. The van der Waals surface area contributed by atoms with Crippen LogP contribution in [0.2, 0.25) is 19.6 Å². The average molecular weight is 969 g/mol. The van der Waals surface area contributed by atoms with Crippen molar-refractivity contribution in [2.45, 2.75) is 115 Å². The Morgan fingerprint density at radius 2 is 1.16 bits per heavy atom. The molecule has 0 aliphatic carbocycles. The molecule has 0 saturated heterocycles. The van der Waals surface area contributed by atoms with Gasteiger partial charge in [-0.3, -0.25) is 4.79 Å². The molecule has 0 fully saturated rings. The summed E-state index contributed by atoms with van der Waals surface area (Å²) in [4.78, 5) is 21.0. The number of aryl methyl sites for hydroxylation is 5. The van der Waals surface area contributed by atoms with Gasteiger partial charge in [0.15, 0.2) is 5.78 Å². The minimum absolute atomic E-state index is 0. The molecular formula is C52H64IrN2O2Si-2. The van der Waals surface area contributed by atoms with Crippen LogP contribution in [-0.4, -0.2) is 28.9 Å². The normalized spacial score (nSPS) is 11.7. The first-order valence-electron chi connectivity index (χ1n) is 20.6. The van der Waals surface area contributed by atoms with E-state index in [-0.39, 0.29) is 43.0 Å². The Morgan fingerprint density at radius 3 is 1.59 bits per heavy atom. The number of aliphatic hydroxyl groups is 1. The SMILES string of the molecule is CCC(CC)C(=O)/C=C(\O)C(C)(CC)CC.Cc1[c-]c(-c2nccc3cc(C)ccc23)cc(C)c1.Cc1[c-]c(-c2nccc3cc([Si](C)(C)C)ccc23)cc(C)c1.[Ir]. The van der Waals surface area contributed by atoms with Gasteiger partial charge >= 0.3 is 0 Å². The van der Waals surface area contributed by atoms with Gasteiger partial charge in [0.2, 0.25) is 0 Å². The molecule has 4 aromatic carbocycles. The summed E-state index contributed by atoms with van der Waals surface area (Å²) < 4.78 is 0. The number of aliphatic hydroxyl groups excluding tert-OH is 1. The molecule has 0 aliphatic rings. The fourth-order valence-electron chi connectivity index (χ4n) is 7.15. The van der Waals surface area contributed by atoms with Crippen molar-refractivity contribution in [1.29, 1.82) is 0 Å². The van der Waals surface area contributed by atoms with Gasteiger partial charge < -0.3 is 15.1 Å². The minimum Gasteiger partial charge on any atom is -0.512 e. The summed E-state index contributed by atoms with van der Waals surface area (Å²) in [5, 5.41) is 16.4. The molecule has 1 radical (unpaired) electrons. The van der Waals surface area contributed by atoms with Crippen LogP contribution in [0, 0.1) is 58.1 Å². The van der Waals surface area contributed by atoms with Crippen LogP contribution in [0.15, 0.2) is 97.0 Å². The average Bonchev–Trinajstić information content (AvgIpc) is 3.16. The fourth-order valence-corrected chi connectivity index (χ4v) is 8.32. The van der Waals surface area contributed by atoms with E-state index in [4.69, 9.17) is 0 Å². The topological polar surface area (TPSA) is 63.1 Å². The molecule has 58 heavy (non-hydrogen) atoms. The minimum atomic E-state index is -1.29. The number of fused-ring (bicyclic) bond motifs is 2. The van der Waals surface area contributed by atoms with Crippen molar-refractivity contribution < 1.29 is 30.0 Å². The van der Waals surface area contributed by atoms with Crippen molar-refractivity contribution in [2.75, 3.05) is 0 Å². The Bertz CT molecular complexity index is 2310. The maximum atomic E-state index is 11.9. The molecule has 6 rings (SSSR count). The zero-order valence-electron chi connectivity index (χ0n) is 37.1. The monoisotopic (exact) mass is 969 g/mol. The van der Waals surface area contributed by atoms with Gasteiger partial charge in [0, 0.05) is 49.9 Å². The second-order valence-electron chi connectivity index (χ2n) is 17.0. The van der Waals surface area contributed by atoms with Crippen LogP contribution in [-0.2, 0) is 24.9 Å². The third kappa shape index (κ3) is 12.4. The fraction of sp³-hybridized carbons (Fsp3) is 0.365. The number of carbonyl (C=O) groups excluding carboxylic acids is 1. The van der Waals surface area contributed by atoms with Gasteiger partial charge in [-0.2, -0.15) is 0 Å². The third-order valence-electron chi connectivity index (χ3n) is 11.2. The molecule has 6 heteroatoms. The maximum absolute atomic E-state index is 11.9. The summed E-state index contributed by atoms with van der Waals surface area (Å²) in [6.07, 6.45) is 8.62. The maximum Gasteiger partial charge on any atom is 0.162 e. The first-order valence-corrected chi connectivity index (χ1v) is 24.1. The Morgan fingerprint density at radius 1 is 0.690 bits per heavy atom. The molecule has 0 spiro atoms. The van der Waals surface area contributed by atoms with E-state index in [2.05, 4.69) is 149 Å². The number of hydrogen-bond acceptors (Lipinski definition) is 4. The number of rotatable bonds is 10. The molecule has 0 bridgehead atoms. The number of benzene rings is 4. The van der Waals surface area contributed by atoms with E-state index in [1.165, 1.54) is 49.5 Å². The van der Waals surface area contributed by atoms with Crippen LogP contribution < -0.4 is 5.19 Å². The van der Waals surface area contributed by atoms with Gasteiger partial charge in [0.05, 0.1) is 8.07 Å². The van der Waals surface area contributed by atoms with Gasteiger partial charge in [0.1, 0.15) is 5.76 Å². The summed E-state index contributed by atoms with van der Waals surface area (Å²) in [6.45, 7) is 27.8. The Hall–Kier alpha value is -4.22. The van der Waals surface area contributed by atoms with Gasteiger partial charge in [-0.15, -0.1) is 69.8 Å². The van der Waals surface area contributed by atoms with E-state index in [1.54, 1.807) is 0 Å². The number of carbonyl (C=O) groups is 1. The first-order chi connectivity index (χ1) is 26.9. The van der Waals surface area contributed by atoms with Crippen molar-refractivity contribution in [3.05, 3.63) is 137 Å². The van der Waals surface area contributed by atoms with Gasteiger partial charge in [0.25, 0.3) is 0 Å². The van der Waals surface area contributed by atoms with Crippen molar-refractivity contribution in [3.8, 4) is 22.5 Å². The van der Waals surface area contributed by atoms with E-state index in [9.17, 15) is 9.90 Å². The van der Waals surface area contributed by atoms with Gasteiger partial charge in [-0.25, -0.2) is 0 Å². The number of nitrogens with zero attached hydrogens (tertiary/aromatic N) is 2. The van der Waals surface area contributed by atoms with Gasteiger partial charge in [-0.1, -0.05) is 129 Å². The van der Waals surface area contributed by atoms with Crippen LogP contribution in [0.5, 0.6) is 0 Å². The molecule has 2 heterocycles. The van der Waals surface area contributed by atoms with Gasteiger partial charge in [-0.05, 0) is 77.7 Å². The Kier molecular flexibility index (Phi) is 17.6. The number of pyridine rings is 2. The van der Waals surface area contributed by atoms with Crippen molar-refractivity contribution >= 4 is 40.6 Å². The van der Waals surface area contributed by atoms with Crippen molar-refractivity contribution in [3.63, 3.8) is 0 Å². The van der Waals surface area contributed by atoms with E-state index >= 15 is 0 Å². The molecule has 4 nitrogen and oxygen atoms in total. The number of allylic oxidation sites excluding steroid dienone is 2. The molecule has 0 amide bonds. The summed E-state index contributed by atoms with van der Waals surface area (Å²) in [6, 6.07) is 33.0. The van der Waals surface area contributed by atoms with E-state index < -0.39 is 8.07 Å². The Labute approximate surface area is 364 Å². The number of aromatic nitrogens is 2.